The van der Waals surface area contributed by atoms with Crippen molar-refractivity contribution in [3.8, 4) is 0 Å². The lowest BCUT2D eigenvalue weighted by Crippen LogP contribution is -2.29. The zero-order valence-electron chi connectivity index (χ0n) is 15.3. The molecule has 0 radical (unpaired) electrons. The van der Waals surface area contributed by atoms with Gasteiger partial charge in [-0.3, -0.25) is 4.79 Å². The first-order valence-corrected chi connectivity index (χ1v) is 11.3. The molecule has 1 aliphatic rings. The van der Waals surface area contributed by atoms with Crippen molar-refractivity contribution in [2.75, 3.05) is 13.1 Å². The van der Waals surface area contributed by atoms with Gasteiger partial charge in [0.2, 0.25) is 10.0 Å². The van der Waals surface area contributed by atoms with E-state index >= 15 is 0 Å². The third-order valence-electron chi connectivity index (χ3n) is 4.77. The van der Waals surface area contributed by atoms with Crippen LogP contribution >= 0.6 is 23.2 Å². The Bertz CT molecular complexity index is 1190. The van der Waals surface area contributed by atoms with Gasteiger partial charge in [-0.25, -0.2) is 13.4 Å². The minimum atomic E-state index is -3.72. The molecule has 0 atom stereocenters. The number of amides is 1. The van der Waals surface area contributed by atoms with Crippen LogP contribution in [0.5, 0.6) is 0 Å². The van der Waals surface area contributed by atoms with Crippen LogP contribution in [0.3, 0.4) is 0 Å². The molecule has 1 fully saturated rings. The average molecular weight is 453 g/mol. The number of nitrogens with one attached hydrogen (secondary N) is 1. The van der Waals surface area contributed by atoms with Crippen molar-refractivity contribution < 1.29 is 13.2 Å². The van der Waals surface area contributed by atoms with Gasteiger partial charge in [-0.1, -0.05) is 23.2 Å². The van der Waals surface area contributed by atoms with Crippen LogP contribution in [0.1, 0.15) is 28.9 Å². The maximum absolute atomic E-state index is 12.8. The first-order valence-electron chi connectivity index (χ1n) is 9.05. The second-order valence-corrected chi connectivity index (χ2v) is 9.53. The number of imidazole rings is 1. The molecule has 10 heteroatoms. The van der Waals surface area contributed by atoms with Crippen molar-refractivity contribution in [3.63, 3.8) is 0 Å². The van der Waals surface area contributed by atoms with E-state index in [0.29, 0.717) is 29.5 Å². The third-order valence-corrected chi connectivity index (χ3v) is 7.37. The number of aromatic nitrogens is 2. The van der Waals surface area contributed by atoms with Crippen molar-refractivity contribution >= 4 is 44.8 Å². The van der Waals surface area contributed by atoms with E-state index in [1.54, 1.807) is 28.9 Å². The molecule has 1 N–H and O–H groups in total. The van der Waals surface area contributed by atoms with Crippen LogP contribution in [0, 0.1) is 0 Å². The summed E-state index contributed by atoms with van der Waals surface area (Å²) in [5, 5.41) is 3.44. The van der Waals surface area contributed by atoms with Crippen molar-refractivity contribution in [1.82, 2.24) is 19.0 Å². The van der Waals surface area contributed by atoms with E-state index < -0.39 is 15.9 Å². The molecule has 152 valence electrons. The minimum absolute atomic E-state index is 0.0453. The summed E-state index contributed by atoms with van der Waals surface area (Å²) in [6.45, 7) is 1.12. The number of fused-ring (bicyclic) bond motifs is 1. The van der Waals surface area contributed by atoms with E-state index in [-0.39, 0.29) is 22.0 Å². The number of nitrogens with zero attached hydrogens (tertiary/aromatic N) is 3. The van der Waals surface area contributed by atoms with Gasteiger partial charge in [-0.2, -0.15) is 4.31 Å². The van der Waals surface area contributed by atoms with Gasteiger partial charge >= 0.3 is 0 Å². The van der Waals surface area contributed by atoms with Crippen molar-refractivity contribution in [2.24, 2.45) is 0 Å². The summed E-state index contributed by atoms with van der Waals surface area (Å²) < 4.78 is 28.8. The van der Waals surface area contributed by atoms with Gasteiger partial charge in [0.05, 0.1) is 22.3 Å². The lowest BCUT2D eigenvalue weighted by molar-refractivity contribution is 0.0950. The molecule has 3 heterocycles. The molecule has 1 aliphatic heterocycles. The lowest BCUT2D eigenvalue weighted by Gasteiger charge is -2.17. The van der Waals surface area contributed by atoms with Gasteiger partial charge in [0.1, 0.15) is 10.5 Å². The minimum Gasteiger partial charge on any atom is -0.346 e. The monoisotopic (exact) mass is 452 g/mol. The molecule has 1 aromatic carbocycles. The van der Waals surface area contributed by atoms with E-state index in [1.807, 2.05) is 0 Å². The molecule has 0 unspecified atom stereocenters. The maximum atomic E-state index is 12.8. The number of hydrogen-bond donors (Lipinski definition) is 1. The highest BCUT2D eigenvalue weighted by Gasteiger charge is 2.29. The van der Waals surface area contributed by atoms with E-state index in [1.165, 1.54) is 22.5 Å². The molecule has 3 aromatic rings. The number of rotatable bonds is 5. The fraction of sp³-hybridized carbons (Fsp3) is 0.263. The van der Waals surface area contributed by atoms with E-state index in [2.05, 4.69) is 10.3 Å². The highest BCUT2D eigenvalue weighted by molar-refractivity contribution is 7.89. The molecule has 29 heavy (non-hydrogen) atoms. The number of benzene rings is 1. The number of halogens is 2. The zero-order chi connectivity index (χ0) is 20.6. The predicted octanol–water partition coefficient (Wildman–Crippen LogP) is 3.36. The smallest absolute Gasteiger partial charge is 0.251 e. The Labute approximate surface area is 178 Å². The summed E-state index contributed by atoms with van der Waals surface area (Å²) in [4.78, 5) is 16.9. The van der Waals surface area contributed by atoms with Crippen molar-refractivity contribution in [2.45, 2.75) is 24.3 Å². The first kappa shape index (κ1) is 20.2. The molecular formula is C19H18Cl2N4O3S. The van der Waals surface area contributed by atoms with Gasteiger partial charge in [-0.15, -0.1) is 0 Å². The molecule has 0 bridgehead atoms. The highest BCUT2D eigenvalue weighted by atomic mass is 35.5. The molecule has 0 aliphatic carbocycles. The second kappa shape index (κ2) is 7.95. The Morgan fingerprint density at radius 2 is 1.86 bits per heavy atom. The summed E-state index contributed by atoms with van der Waals surface area (Å²) in [5.74, 6) is -0.408. The average Bonchev–Trinajstić information content (AvgIpc) is 3.36. The van der Waals surface area contributed by atoms with Gasteiger partial charge in [0, 0.05) is 31.0 Å². The largest absolute Gasteiger partial charge is 0.346 e. The van der Waals surface area contributed by atoms with E-state index in [0.717, 1.165) is 12.8 Å². The van der Waals surface area contributed by atoms with Crippen LogP contribution in [-0.4, -0.2) is 41.1 Å². The van der Waals surface area contributed by atoms with Crippen LogP contribution < -0.4 is 5.32 Å². The normalized spacial score (nSPS) is 15.1. The fourth-order valence-electron chi connectivity index (χ4n) is 3.29. The SMILES string of the molecule is O=C(NCc1cn2cc(Cl)ccc2n1)c1ccc(Cl)c(S(=O)(=O)N2CCCC2)c1. The first-order chi connectivity index (χ1) is 13.8. The Hall–Kier alpha value is -2.13. The van der Waals surface area contributed by atoms with Crippen molar-refractivity contribution in [3.05, 3.63) is 64.0 Å². The standard InChI is InChI=1S/C19H18Cl2N4O3S/c20-14-4-6-18-23-15(12-24(18)11-14)10-22-19(26)13-3-5-16(21)17(9-13)29(27,28)25-7-1-2-8-25/h3-6,9,11-12H,1-2,7-8,10H2,(H,22,26). The van der Waals surface area contributed by atoms with Gasteiger partial charge in [-0.05, 0) is 43.2 Å². The molecule has 1 amide bonds. The number of hydrogen-bond acceptors (Lipinski definition) is 4. The fourth-order valence-corrected chi connectivity index (χ4v) is 5.47. The van der Waals surface area contributed by atoms with Crippen LogP contribution in [0.2, 0.25) is 10.0 Å². The molecule has 2 aromatic heterocycles. The van der Waals surface area contributed by atoms with Crippen LogP contribution in [0.4, 0.5) is 0 Å². The number of carbonyl (C=O) groups is 1. The quantitative estimate of drug-likeness (QED) is 0.642. The van der Waals surface area contributed by atoms with Crippen molar-refractivity contribution in [1.29, 1.82) is 0 Å². The molecule has 0 saturated carbocycles. The predicted molar refractivity (Wildman–Crippen MR) is 111 cm³/mol. The molecule has 7 nitrogen and oxygen atoms in total. The number of pyridine rings is 1. The zero-order valence-corrected chi connectivity index (χ0v) is 17.6. The summed E-state index contributed by atoms with van der Waals surface area (Å²) in [6, 6.07) is 7.79. The van der Waals surface area contributed by atoms with Crippen LogP contribution in [0.15, 0.2) is 47.6 Å². The molecular weight excluding hydrogens is 435 g/mol. The van der Waals surface area contributed by atoms with E-state index in [4.69, 9.17) is 23.2 Å². The third kappa shape index (κ3) is 4.11. The second-order valence-electron chi connectivity index (χ2n) is 6.78. The summed E-state index contributed by atoms with van der Waals surface area (Å²) in [6.07, 6.45) is 5.14. The summed E-state index contributed by atoms with van der Waals surface area (Å²) >= 11 is 12.1. The Morgan fingerprint density at radius 1 is 1.10 bits per heavy atom. The van der Waals surface area contributed by atoms with E-state index in [9.17, 15) is 13.2 Å². The molecule has 1 saturated heterocycles. The topological polar surface area (TPSA) is 83.8 Å². The highest BCUT2D eigenvalue weighted by Crippen LogP contribution is 2.28. The van der Waals surface area contributed by atoms with Gasteiger partial charge in [0.15, 0.2) is 0 Å². The van der Waals surface area contributed by atoms with Gasteiger partial charge in [0.25, 0.3) is 5.91 Å². The Morgan fingerprint density at radius 3 is 2.62 bits per heavy atom. The number of carbonyl (C=O) groups excluding carboxylic acids is 1. The Balaban J connectivity index is 1.52. The number of sulfonamides is 1. The molecule has 4 rings (SSSR count). The summed E-state index contributed by atoms with van der Waals surface area (Å²) in [7, 11) is -3.72. The van der Waals surface area contributed by atoms with Crippen LogP contribution in [-0.2, 0) is 16.6 Å². The molecule has 0 spiro atoms. The van der Waals surface area contributed by atoms with Gasteiger partial charge < -0.3 is 9.72 Å². The summed E-state index contributed by atoms with van der Waals surface area (Å²) in [5.41, 5.74) is 1.59. The maximum Gasteiger partial charge on any atom is 0.251 e. The lowest BCUT2D eigenvalue weighted by atomic mass is 10.2. The Kier molecular flexibility index (Phi) is 5.52. The van der Waals surface area contributed by atoms with Crippen LogP contribution in [0.25, 0.3) is 5.65 Å².